The van der Waals surface area contributed by atoms with Gasteiger partial charge < -0.3 is 55.7 Å². The summed E-state index contributed by atoms with van der Waals surface area (Å²) in [6.45, 7) is 5.15. The molecule has 384 valence electrons. The van der Waals surface area contributed by atoms with E-state index in [2.05, 4.69) is 60.3 Å². The largest absolute Gasteiger partial charge is 0.416 e. The summed E-state index contributed by atoms with van der Waals surface area (Å²) >= 11 is 0. The second-order valence-electron chi connectivity index (χ2n) is 18.1. The van der Waals surface area contributed by atoms with Crippen LogP contribution in [0.15, 0.2) is 49.1 Å². The number of likely N-dealkylation sites (tertiary alicyclic amines) is 2. The number of hydrogen-bond acceptors (Lipinski definition) is 15. The normalized spacial score (nSPS) is 23.0. The zero-order chi connectivity index (χ0) is 50.4. The van der Waals surface area contributed by atoms with Crippen molar-refractivity contribution in [3.05, 3.63) is 60.2 Å². The summed E-state index contributed by atoms with van der Waals surface area (Å²) in [5.41, 5.74) is 0.298. The van der Waals surface area contributed by atoms with Crippen LogP contribution in [0, 0.1) is 5.92 Å². The quantitative estimate of drug-likeness (QED) is 0.0699. The Morgan fingerprint density at radius 2 is 1.61 bits per heavy atom. The van der Waals surface area contributed by atoms with E-state index in [-0.39, 0.29) is 131 Å². The van der Waals surface area contributed by atoms with E-state index in [1.807, 2.05) is 18.0 Å². The zero-order valence-electron chi connectivity index (χ0n) is 40.1. The van der Waals surface area contributed by atoms with Crippen LogP contribution >= 0.6 is 0 Å². The maximum absolute atomic E-state index is 13.5. The molecule has 0 spiro atoms. The lowest BCUT2D eigenvalue weighted by atomic mass is 9.84. The van der Waals surface area contributed by atoms with E-state index in [0.29, 0.717) is 31.3 Å². The molecule has 3 aliphatic rings. The number of nitrogens with one attached hydrogen (secondary N) is 5. The molecule has 2 saturated heterocycles. The molecule has 70 heavy (non-hydrogen) atoms. The minimum atomic E-state index is -4.55. The Bertz CT molecular complexity index is 2230. The van der Waals surface area contributed by atoms with Crippen molar-refractivity contribution >= 4 is 46.3 Å². The fraction of sp³-hybridized carbons (Fsp3) is 0.617. The smallest absolute Gasteiger partial charge is 0.379 e. The molecule has 5 amide bonds. The summed E-state index contributed by atoms with van der Waals surface area (Å²) in [4.78, 5) is 81.2. The number of amides is 5. The van der Waals surface area contributed by atoms with Crippen molar-refractivity contribution in [1.29, 1.82) is 0 Å². The number of benzene rings is 1. The van der Waals surface area contributed by atoms with Crippen LogP contribution in [0.4, 0.5) is 19.0 Å². The van der Waals surface area contributed by atoms with Crippen LogP contribution in [0.5, 0.6) is 0 Å². The number of aromatic nitrogens is 3. The van der Waals surface area contributed by atoms with Crippen molar-refractivity contribution in [1.82, 2.24) is 50.9 Å². The first-order valence-corrected chi connectivity index (χ1v) is 23.7. The zero-order valence-corrected chi connectivity index (χ0v) is 40.1. The van der Waals surface area contributed by atoms with Gasteiger partial charge in [0.2, 0.25) is 29.5 Å². The van der Waals surface area contributed by atoms with Crippen LogP contribution in [0.1, 0.15) is 69.5 Å². The lowest BCUT2D eigenvalue weighted by Gasteiger charge is -2.45. The minimum absolute atomic E-state index is 0.0581. The molecule has 0 radical (unpaired) electrons. The highest BCUT2D eigenvalue weighted by Gasteiger charge is 2.45. The molecule has 3 aromatic rings. The number of carbonyl (C=O) groups is 5. The molecular formula is C47H66F3N11O9. The number of ether oxygens (including phenoxy) is 3. The average molecular weight is 986 g/mol. The highest BCUT2D eigenvalue weighted by atomic mass is 19.4. The van der Waals surface area contributed by atoms with E-state index in [0.717, 1.165) is 24.1 Å². The van der Waals surface area contributed by atoms with Crippen molar-refractivity contribution in [2.24, 2.45) is 5.92 Å². The molecule has 1 unspecified atom stereocenters. The third-order valence-electron chi connectivity index (χ3n) is 13.2. The van der Waals surface area contributed by atoms with Crippen molar-refractivity contribution in [3.63, 3.8) is 0 Å². The number of aliphatic hydroxyl groups excluding tert-OH is 1. The van der Waals surface area contributed by atoms with Gasteiger partial charge in [0.25, 0.3) is 0 Å². The van der Waals surface area contributed by atoms with Gasteiger partial charge in [0.15, 0.2) is 0 Å². The van der Waals surface area contributed by atoms with E-state index in [4.69, 9.17) is 14.2 Å². The molecule has 20 nitrogen and oxygen atoms in total. The lowest BCUT2D eigenvalue weighted by Crippen LogP contribution is -2.60. The molecule has 2 aliphatic heterocycles. The van der Waals surface area contributed by atoms with Crippen molar-refractivity contribution in [2.75, 3.05) is 85.2 Å². The van der Waals surface area contributed by atoms with Crippen LogP contribution in [0.25, 0.3) is 10.9 Å². The summed E-state index contributed by atoms with van der Waals surface area (Å²) in [7, 11) is 3.72. The van der Waals surface area contributed by atoms with E-state index < -0.39 is 41.9 Å². The Morgan fingerprint density at radius 3 is 2.33 bits per heavy atom. The SMILES string of the molecule is CC(C)N(C)[C@@H]1CC[C@H](N2CC[C@H](Nc3ncnc4ccc(C(F)(F)F)cc34)C2O)[C@H](NC(=O)COCCNC(=O)COCCNC(=O)CCOCCNC(=O)[C@H]2CC(=O)N(C)[C@@H]2c2cccnc2)C1. The van der Waals surface area contributed by atoms with Gasteiger partial charge in [0, 0.05) is 88.0 Å². The number of pyridine rings is 1. The highest BCUT2D eigenvalue weighted by molar-refractivity contribution is 5.91. The Labute approximate surface area is 405 Å². The van der Waals surface area contributed by atoms with Crippen molar-refractivity contribution in [3.8, 4) is 0 Å². The minimum Gasteiger partial charge on any atom is -0.379 e. The van der Waals surface area contributed by atoms with Gasteiger partial charge in [-0.3, -0.25) is 33.9 Å². The molecule has 1 aromatic carbocycles. The number of halogens is 3. The second-order valence-corrected chi connectivity index (χ2v) is 18.1. The standard InChI is InChI=1S/C47H66F3N11O9/c1-29(2)59(3)32-8-10-38(61-17-11-36(46(61)67)58-44-33-22-31(47(48,49)50)7-9-35(33)55-28-56-44)37(23-32)57-41(64)27-70-21-15-53-40(63)26-69-20-14-52-39(62)12-18-68-19-16-54-45(66)34-24-42(65)60(4)43(34)30-6-5-13-51-25-30/h5-7,9,13,22,25,28-29,32,34,36-38,43,46,67H,8,10-12,14-21,23-24,26-27H2,1-4H3,(H,52,62)(H,53,63)(H,54,66)(H,57,64)(H,55,56,58)/t32-,34+,36+,37-,38+,43-,46?/m1/s1. The Kier molecular flexibility index (Phi) is 19.6. The maximum Gasteiger partial charge on any atom is 0.416 e. The van der Waals surface area contributed by atoms with Gasteiger partial charge in [-0.2, -0.15) is 13.2 Å². The molecule has 4 heterocycles. The van der Waals surface area contributed by atoms with Gasteiger partial charge in [-0.05, 0) is 76.4 Å². The predicted molar refractivity (Wildman–Crippen MR) is 249 cm³/mol. The lowest BCUT2D eigenvalue weighted by molar-refractivity contribution is -0.137. The first-order valence-electron chi connectivity index (χ1n) is 23.7. The van der Waals surface area contributed by atoms with Gasteiger partial charge in [0.05, 0.1) is 55.5 Å². The Balaban J connectivity index is 0.834. The third kappa shape index (κ3) is 14.7. The topological polar surface area (TPSA) is 242 Å². The molecule has 23 heteroatoms. The van der Waals surface area contributed by atoms with Crippen LogP contribution in [-0.4, -0.2) is 181 Å². The number of hydrogen-bond donors (Lipinski definition) is 6. The van der Waals surface area contributed by atoms with Gasteiger partial charge in [-0.15, -0.1) is 0 Å². The van der Waals surface area contributed by atoms with Crippen LogP contribution in [-0.2, 0) is 44.4 Å². The van der Waals surface area contributed by atoms with E-state index in [1.54, 1.807) is 30.4 Å². The van der Waals surface area contributed by atoms with Gasteiger partial charge in [-0.25, -0.2) is 9.97 Å². The van der Waals surface area contributed by atoms with Gasteiger partial charge in [0.1, 0.15) is 31.6 Å². The monoisotopic (exact) mass is 985 g/mol. The van der Waals surface area contributed by atoms with Gasteiger partial charge >= 0.3 is 6.18 Å². The molecule has 6 rings (SSSR count). The van der Waals surface area contributed by atoms with Crippen molar-refractivity contribution in [2.45, 2.75) is 101 Å². The Morgan fingerprint density at radius 1 is 0.900 bits per heavy atom. The first-order chi connectivity index (χ1) is 33.5. The van der Waals surface area contributed by atoms with E-state index in [9.17, 15) is 42.3 Å². The summed E-state index contributed by atoms with van der Waals surface area (Å²) in [5, 5.41) is 26.3. The summed E-state index contributed by atoms with van der Waals surface area (Å²) in [5.74, 6) is -1.76. The number of rotatable bonds is 24. The molecule has 1 aliphatic carbocycles. The second kappa shape index (κ2) is 25.5. The van der Waals surface area contributed by atoms with Crippen LogP contribution in [0.2, 0.25) is 0 Å². The van der Waals surface area contributed by atoms with Crippen LogP contribution in [0.3, 0.4) is 0 Å². The number of nitrogens with zero attached hydrogens (tertiary/aromatic N) is 6. The van der Waals surface area contributed by atoms with E-state index >= 15 is 0 Å². The average Bonchev–Trinajstić information content (AvgIpc) is 3.85. The molecule has 6 N–H and O–H groups in total. The van der Waals surface area contributed by atoms with Crippen LogP contribution < -0.4 is 26.6 Å². The predicted octanol–water partition coefficient (Wildman–Crippen LogP) is 1.60. The highest BCUT2D eigenvalue weighted by Crippen LogP contribution is 2.37. The molecule has 1 saturated carbocycles. The number of fused-ring (bicyclic) bond motifs is 1. The first kappa shape index (κ1) is 53.8. The molecule has 0 bridgehead atoms. The van der Waals surface area contributed by atoms with E-state index in [1.165, 1.54) is 12.4 Å². The summed E-state index contributed by atoms with van der Waals surface area (Å²) in [6.07, 6.45) is 1.80. The van der Waals surface area contributed by atoms with Crippen molar-refractivity contribution < 1.29 is 56.5 Å². The number of aliphatic hydroxyl groups is 1. The summed E-state index contributed by atoms with van der Waals surface area (Å²) in [6, 6.07) is 5.80. The summed E-state index contributed by atoms with van der Waals surface area (Å²) < 4.78 is 57.1. The molecule has 7 atom stereocenters. The molecule has 2 aromatic heterocycles. The number of carbonyl (C=O) groups excluding carboxylic acids is 5. The Hall–Kier alpha value is -5.59. The fourth-order valence-electron chi connectivity index (χ4n) is 9.31. The third-order valence-corrected chi connectivity index (χ3v) is 13.2. The number of alkyl halides is 3. The van der Waals surface area contributed by atoms with Gasteiger partial charge in [-0.1, -0.05) is 6.07 Å². The number of anilines is 1. The molecule has 3 fully saturated rings. The maximum atomic E-state index is 13.5. The fourth-order valence-corrected chi connectivity index (χ4v) is 9.31. The molecular weight excluding hydrogens is 920 g/mol.